The van der Waals surface area contributed by atoms with Gasteiger partial charge in [0.2, 0.25) is 0 Å². The summed E-state index contributed by atoms with van der Waals surface area (Å²) < 4.78 is 17.0. The van der Waals surface area contributed by atoms with Crippen LogP contribution < -0.4 is 9.47 Å². The van der Waals surface area contributed by atoms with E-state index in [4.69, 9.17) is 14.2 Å². The standard InChI is InChI=1S/C31H40N2O6/c1-3-5-19-39-26-9-6-8-24(22-26)29(34)27-28(23-10-12-25(13-11-23)38-18-4-2)33(31(36)30(27)35)15-7-14-32-16-20-37-21-17-32/h6,8-13,22,28,34H,3-5,7,14-21H2,1-2H3/b29-27+. The number of hydrogen-bond donors (Lipinski definition) is 1. The molecule has 0 aromatic heterocycles. The van der Waals surface area contributed by atoms with Crippen LogP contribution in [-0.2, 0) is 14.3 Å². The smallest absolute Gasteiger partial charge is 0.295 e. The molecule has 39 heavy (non-hydrogen) atoms. The van der Waals surface area contributed by atoms with E-state index in [-0.39, 0.29) is 11.3 Å². The van der Waals surface area contributed by atoms with Gasteiger partial charge in [0.05, 0.1) is 38.0 Å². The van der Waals surface area contributed by atoms with Crippen LogP contribution >= 0.6 is 0 Å². The normalized spacial score (nSPS) is 19.4. The number of ketones is 1. The molecule has 8 heteroatoms. The van der Waals surface area contributed by atoms with E-state index in [1.807, 2.05) is 37.3 Å². The van der Waals surface area contributed by atoms with Gasteiger partial charge in [0.1, 0.15) is 17.3 Å². The van der Waals surface area contributed by atoms with E-state index in [0.717, 1.165) is 50.2 Å². The quantitative estimate of drug-likeness (QED) is 0.170. The van der Waals surface area contributed by atoms with Gasteiger partial charge in [-0.15, -0.1) is 0 Å². The Morgan fingerprint density at radius 2 is 1.67 bits per heavy atom. The molecule has 0 saturated carbocycles. The van der Waals surface area contributed by atoms with Crippen LogP contribution in [0.3, 0.4) is 0 Å². The summed E-state index contributed by atoms with van der Waals surface area (Å²) in [7, 11) is 0. The molecule has 8 nitrogen and oxygen atoms in total. The van der Waals surface area contributed by atoms with Crippen molar-refractivity contribution in [2.75, 3.05) is 52.6 Å². The minimum absolute atomic E-state index is 0.0966. The highest BCUT2D eigenvalue weighted by atomic mass is 16.5. The number of rotatable bonds is 13. The zero-order valence-electron chi connectivity index (χ0n) is 23.1. The van der Waals surface area contributed by atoms with Crippen molar-refractivity contribution in [3.8, 4) is 11.5 Å². The molecule has 0 aliphatic carbocycles. The van der Waals surface area contributed by atoms with Crippen molar-refractivity contribution in [2.24, 2.45) is 0 Å². The lowest BCUT2D eigenvalue weighted by molar-refractivity contribution is -0.140. The number of aliphatic hydroxyl groups excluding tert-OH is 1. The molecule has 2 aromatic rings. The second-order valence-corrected chi connectivity index (χ2v) is 9.95. The lowest BCUT2D eigenvalue weighted by Gasteiger charge is -2.29. The van der Waals surface area contributed by atoms with Crippen LogP contribution in [0.1, 0.15) is 56.7 Å². The van der Waals surface area contributed by atoms with Gasteiger partial charge < -0.3 is 24.2 Å². The number of unbranched alkanes of at least 4 members (excludes halogenated alkanes) is 1. The van der Waals surface area contributed by atoms with Gasteiger partial charge in [-0.05, 0) is 49.1 Å². The summed E-state index contributed by atoms with van der Waals surface area (Å²) >= 11 is 0. The highest BCUT2D eigenvalue weighted by molar-refractivity contribution is 6.46. The van der Waals surface area contributed by atoms with Crippen LogP contribution in [0.5, 0.6) is 11.5 Å². The Morgan fingerprint density at radius 3 is 2.38 bits per heavy atom. The minimum Gasteiger partial charge on any atom is -0.507 e. The number of Topliss-reactive ketones (excluding diaryl/α,β-unsaturated/α-hetero) is 1. The average molecular weight is 537 g/mol. The Balaban J connectivity index is 1.64. The Hall–Kier alpha value is -3.36. The topological polar surface area (TPSA) is 88.5 Å². The molecule has 1 amide bonds. The summed E-state index contributed by atoms with van der Waals surface area (Å²) in [6.45, 7) is 9.65. The lowest BCUT2D eigenvalue weighted by Crippen LogP contribution is -2.38. The molecule has 1 unspecified atom stereocenters. The molecule has 210 valence electrons. The summed E-state index contributed by atoms with van der Waals surface area (Å²) in [5.74, 6) is -0.123. The monoisotopic (exact) mass is 536 g/mol. The van der Waals surface area contributed by atoms with Gasteiger partial charge in [0.25, 0.3) is 11.7 Å². The maximum absolute atomic E-state index is 13.4. The van der Waals surface area contributed by atoms with Gasteiger partial charge in [0, 0.05) is 31.7 Å². The summed E-state index contributed by atoms with van der Waals surface area (Å²) in [5, 5.41) is 11.4. The Kier molecular flexibility index (Phi) is 10.4. The van der Waals surface area contributed by atoms with E-state index in [9.17, 15) is 14.7 Å². The van der Waals surface area contributed by atoms with Gasteiger partial charge in [0.15, 0.2) is 0 Å². The number of carbonyl (C=O) groups is 2. The number of ether oxygens (including phenoxy) is 3. The van der Waals surface area contributed by atoms with Crippen LogP contribution in [0.15, 0.2) is 54.1 Å². The van der Waals surface area contributed by atoms with Gasteiger partial charge in [-0.2, -0.15) is 0 Å². The van der Waals surface area contributed by atoms with Crippen molar-refractivity contribution in [3.05, 3.63) is 65.2 Å². The van der Waals surface area contributed by atoms with Gasteiger partial charge in [-0.25, -0.2) is 0 Å². The largest absolute Gasteiger partial charge is 0.507 e. The zero-order valence-corrected chi connectivity index (χ0v) is 23.1. The molecule has 4 rings (SSSR count). The molecule has 0 spiro atoms. The summed E-state index contributed by atoms with van der Waals surface area (Å²) in [4.78, 5) is 30.6. The maximum Gasteiger partial charge on any atom is 0.295 e. The molecule has 2 fully saturated rings. The molecule has 2 aliphatic heterocycles. The summed E-state index contributed by atoms with van der Waals surface area (Å²) in [6, 6.07) is 13.8. The predicted octanol–water partition coefficient (Wildman–Crippen LogP) is 4.80. The van der Waals surface area contributed by atoms with Crippen molar-refractivity contribution in [1.29, 1.82) is 0 Å². The van der Waals surface area contributed by atoms with E-state index >= 15 is 0 Å². The highest BCUT2D eigenvalue weighted by Gasteiger charge is 2.45. The third kappa shape index (κ3) is 7.19. The molecule has 2 saturated heterocycles. The molecular formula is C31H40N2O6. The zero-order chi connectivity index (χ0) is 27.6. The first-order chi connectivity index (χ1) is 19.0. The van der Waals surface area contributed by atoms with Crippen molar-refractivity contribution >= 4 is 17.4 Å². The van der Waals surface area contributed by atoms with Crippen LogP contribution in [0.25, 0.3) is 5.76 Å². The van der Waals surface area contributed by atoms with Crippen molar-refractivity contribution in [1.82, 2.24) is 9.80 Å². The number of aliphatic hydroxyl groups is 1. The maximum atomic E-state index is 13.4. The summed E-state index contributed by atoms with van der Waals surface area (Å²) in [5.41, 5.74) is 1.30. The number of amides is 1. The highest BCUT2D eigenvalue weighted by Crippen LogP contribution is 2.40. The fourth-order valence-electron chi connectivity index (χ4n) is 4.94. The Bertz CT molecular complexity index is 1140. The minimum atomic E-state index is -0.695. The molecule has 1 N–H and O–H groups in total. The van der Waals surface area contributed by atoms with E-state index in [1.165, 1.54) is 0 Å². The lowest BCUT2D eigenvalue weighted by atomic mass is 9.95. The van der Waals surface area contributed by atoms with E-state index < -0.39 is 17.7 Å². The predicted molar refractivity (Wildman–Crippen MR) is 150 cm³/mol. The average Bonchev–Trinajstić information content (AvgIpc) is 3.22. The van der Waals surface area contributed by atoms with Gasteiger partial charge >= 0.3 is 0 Å². The molecule has 2 heterocycles. The molecule has 2 aromatic carbocycles. The first-order valence-electron chi connectivity index (χ1n) is 14.1. The van der Waals surface area contributed by atoms with Crippen LogP contribution in [0, 0.1) is 0 Å². The third-order valence-electron chi connectivity index (χ3n) is 7.06. The van der Waals surface area contributed by atoms with Crippen molar-refractivity contribution < 1.29 is 28.9 Å². The van der Waals surface area contributed by atoms with Crippen LogP contribution in [-0.4, -0.2) is 79.2 Å². The number of hydrogen-bond acceptors (Lipinski definition) is 7. The van der Waals surface area contributed by atoms with Gasteiger partial charge in [-0.1, -0.05) is 44.5 Å². The van der Waals surface area contributed by atoms with Crippen molar-refractivity contribution in [2.45, 2.75) is 45.6 Å². The number of carbonyl (C=O) groups excluding carboxylic acids is 2. The molecule has 2 aliphatic rings. The van der Waals surface area contributed by atoms with Crippen LogP contribution in [0.4, 0.5) is 0 Å². The first-order valence-corrected chi connectivity index (χ1v) is 14.1. The fraction of sp³-hybridized carbons (Fsp3) is 0.484. The Labute approximate surface area is 231 Å². The first kappa shape index (κ1) is 28.6. The molecule has 0 radical (unpaired) electrons. The molecule has 1 atom stereocenters. The van der Waals surface area contributed by atoms with Crippen molar-refractivity contribution in [3.63, 3.8) is 0 Å². The second kappa shape index (κ2) is 14.1. The number of likely N-dealkylation sites (tertiary alicyclic amines) is 1. The Morgan fingerprint density at radius 1 is 0.923 bits per heavy atom. The van der Waals surface area contributed by atoms with E-state index in [2.05, 4.69) is 11.8 Å². The van der Waals surface area contributed by atoms with E-state index in [1.54, 1.807) is 23.1 Å². The van der Waals surface area contributed by atoms with Crippen LogP contribution in [0.2, 0.25) is 0 Å². The fourth-order valence-corrected chi connectivity index (χ4v) is 4.94. The molecule has 0 bridgehead atoms. The third-order valence-corrected chi connectivity index (χ3v) is 7.06. The van der Waals surface area contributed by atoms with Gasteiger partial charge in [-0.3, -0.25) is 14.5 Å². The number of morpholine rings is 1. The number of benzene rings is 2. The number of nitrogens with zero attached hydrogens (tertiary/aromatic N) is 2. The summed E-state index contributed by atoms with van der Waals surface area (Å²) in [6.07, 6.45) is 3.54. The second-order valence-electron chi connectivity index (χ2n) is 9.95. The SMILES string of the molecule is CCCCOc1cccc(/C(O)=C2\C(=O)C(=O)N(CCCN3CCOCC3)C2c2ccc(OCCC)cc2)c1. The van der Waals surface area contributed by atoms with E-state index in [0.29, 0.717) is 50.7 Å². The molecular weight excluding hydrogens is 496 g/mol.